The Bertz CT molecular complexity index is 1310. The second kappa shape index (κ2) is 8.71. The summed E-state index contributed by atoms with van der Waals surface area (Å²) in [5, 5.41) is 1.94. The van der Waals surface area contributed by atoms with Gasteiger partial charge in [0.1, 0.15) is 5.82 Å². The van der Waals surface area contributed by atoms with Crippen molar-refractivity contribution in [2.75, 3.05) is 60.6 Å². The number of nitrogens with one attached hydrogen (secondary N) is 2. The van der Waals surface area contributed by atoms with Gasteiger partial charge in [0.2, 0.25) is 5.95 Å². The number of para-hydroxylation sites is 1. The Morgan fingerprint density at radius 2 is 1.88 bits per heavy atom. The summed E-state index contributed by atoms with van der Waals surface area (Å²) < 4.78 is 1.15. The van der Waals surface area contributed by atoms with Crippen LogP contribution in [0.25, 0.3) is 10.2 Å². The third-order valence-electron chi connectivity index (χ3n) is 6.42. The summed E-state index contributed by atoms with van der Waals surface area (Å²) in [5.41, 5.74) is 13.1. The molecule has 2 aromatic heterocycles. The minimum Gasteiger partial charge on any atom is -0.354 e. The van der Waals surface area contributed by atoms with Crippen LogP contribution in [-0.4, -0.2) is 60.1 Å². The van der Waals surface area contributed by atoms with Crippen molar-refractivity contribution in [3.63, 3.8) is 0 Å². The van der Waals surface area contributed by atoms with E-state index in [4.69, 9.17) is 9.97 Å². The number of anilines is 5. The first-order chi connectivity index (χ1) is 16.6. The maximum absolute atomic E-state index is 4.98. The standard InChI is InChI=1S/C24H27N9S/c1-30-9-11-32(12-10-30)23-14-22(29-33-20-6-4-3-5-17(20)15-26-33)27-24(28-23)31(2)18-7-8-19-21(13-18)34-16-25-19/h3-8,13-14,16,26H,9-12,15H2,1-2H3,(H,27,28,29). The highest BCUT2D eigenvalue weighted by molar-refractivity contribution is 7.16. The smallest absolute Gasteiger partial charge is 0.233 e. The van der Waals surface area contributed by atoms with Gasteiger partial charge >= 0.3 is 0 Å². The highest BCUT2D eigenvalue weighted by Crippen LogP contribution is 2.30. The van der Waals surface area contributed by atoms with E-state index in [1.165, 1.54) is 5.56 Å². The van der Waals surface area contributed by atoms with Gasteiger partial charge in [0, 0.05) is 51.5 Å². The van der Waals surface area contributed by atoms with Crippen molar-refractivity contribution in [1.82, 2.24) is 25.3 Å². The molecule has 2 aromatic carbocycles. The van der Waals surface area contributed by atoms with Gasteiger partial charge in [-0.15, -0.1) is 11.3 Å². The molecule has 2 aliphatic heterocycles. The molecular weight excluding hydrogens is 446 g/mol. The monoisotopic (exact) mass is 473 g/mol. The van der Waals surface area contributed by atoms with Crippen LogP contribution < -0.4 is 25.8 Å². The van der Waals surface area contributed by atoms with Gasteiger partial charge in [0.25, 0.3) is 0 Å². The zero-order valence-corrected chi connectivity index (χ0v) is 20.1. The highest BCUT2D eigenvalue weighted by Gasteiger charge is 2.22. The average molecular weight is 474 g/mol. The van der Waals surface area contributed by atoms with Crippen LogP contribution in [0.5, 0.6) is 0 Å². The minimum atomic E-state index is 0.648. The summed E-state index contributed by atoms with van der Waals surface area (Å²) in [7, 11) is 4.17. The molecule has 1 saturated heterocycles. The Hall–Kier alpha value is -3.47. The Kier molecular flexibility index (Phi) is 5.40. The molecular formula is C24H27N9S. The van der Waals surface area contributed by atoms with E-state index in [1.54, 1.807) is 11.3 Å². The lowest BCUT2D eigenvalue weighted by molar-refractivity contribution is 0.312. The van der Waals surface area contributed by atoms with Crippen LogP contribution in [0, 0.1) is 0 Å². The molecule has 0 saturated carbocycles. The fraction of sp³-hybridized carbons (Fsp3) is 0.292. The molecule has 0 spiro atoms. The van der Waals surface area contributed by atoms with E-state index in [2.05, 4.69) is 63.0 Å². The van der Waals surface area contributed by atoms with E-state index in [-0.39, 0.29) is 0 Å². The van der Waals surface area contributed by atoms with Crippen LogP contribution in [0.4, 0.5) is 29.0 Å². The van der Waals surface area contributed by atoms with Crippen LogP contribution in [0.2, 0.25) is 0 Å². The van der Waals surface area contributed by atoms with Crippen molar-refractivity contribution >= 4 is 50.5 Å². The first-order valence-electron chi connectivity index (χ1n) is 11.4. The average Bonchev–Trinajstić information content (AvgIpc) is 3.50. The highest BCUT2D eigenvalue weighted by atomic mass is 32.1. The van der Waals surface area contributed by atoms with Gasteiger partial charge in [0.05, 0.1) is 21.4 Å². The lowest BCUT2D eigenvalue weighted by Gasteiger charge is -2.34. The quantitative estimate of drug-likeness (QED) is 0.453. The lowest BCUT2D eigenvalue weighted by atomic mass is 10.2. The third-order valence-corrected chi connectivity index (χ3v) is 7.21. The van der Waals surface area contributed by atoms with Gasteiger partial charge in [-0.1, -0.05) is 18.2 Å². The molecule has 10 heteroatoms. The van der Waals surface area contributed by atoms with Crippen molar-refractivity contribution < 1.29 is 0 Å². The van der Waals surface area contributed by atoms with Gasteiger partial charge in [-0.2, -0.15) is 9.97 Å². The number of hydrazine groups is 2. The number of thiazole rings is 1. The van der Waals surface area contributed by atoms with Gasteiger partial charge in [0.15, 0.2) is 5.82 Å². The van der Waals surface area contributed by atoms with E-state index >= 15 is 0 Å². The third kappa shape index (κ3) is 4.00. The number of rotatable bonds is 5. The molecule has 4 aromatic rings. The Morgan fingerprint density at radius 1 is 1.03 bits per heavy atom. The van der Waals surface area contributed by atoms with Crippen molar-refractivity contribution in [3.05, 3.63) is 59.6 Å². The van der Waals surface area contributed by atoms with Crippen LogP contribution >= 0.6 is 11.3 Å². The Balaban J connectivity index is 1.35. The van der Waals surface area contributed by atoms with Gasteiger partial charge in [-0.3, -0.25) is 5.43 Å². The van der Waals surface area contributed by atoms with E-state index < -0.39 is 0 Å². The largest absolute Gasteiger partial charge is 0.354 e. The number of hydrogen-bond acceptors (Lipinski definition) is 10. The number of hydrogen-bond donors (Lipinski definition) is 2. The number of aromatic nitrogens is 3. The second-order valence-electron chi connectivity index (χ2n) is 8.68. The molecule has 0 atom stereocenters. The SMILES string of the molecule is CN1CCN(c2cc(NN3NCc4ccccc43)nc(N(C)c3ccc4ncsc4c3)n2)CC1. The number of likely N-dealkylation sites (N-methyl/N-ethyl adjacent to an activating group) is 1. The molecule has 34 heavy (non-hydrogen) atoms. The molecule has 174 valence electrons. The molecule has 4 heterocycles. The fourth-order valence-corrected chi connectivity index (χ4v) is 5.05. The number of benzene rings is 2. The summed E-state index contributed by atoms with van der Waals surface area (Å²) in [6, 6.07) is 16.6. The zero-order chi connectivity index (χ0) is 23.1. The molecule has 0 aliphatic carbocycles. The van der Waals surface area contributed by atoms with Crippen molar-refractivity contribution in [3.8, 4) is 0 Å². The van der Waals surface area contributed by atoms with Crippen molar-refractivity contribution in [2.45, 2.75) is 6.54 Å². The first-order valence-corrected chi connectivity index (χ1v) is 12.3. The van der Waals surface area contributed by atoms with E-state index in [1.807, 2.05) is 40.8 Å². The van der Waals surface area contributed by atoms with E-state index in [0.717, 1.165) is 66.0 Å². The second-order valence-corrected chi connectivity index (χ2v) is 9.56. The predicted octanol–water partition coefficient (Wildman–Crippen LogP) is 3.46. The molecule has 0 unspecified atom stereocenters. The first kappa shape index (κ1) is 21.1. The molecule has 0 radical (unpaired) electrons. The Morgan fingerprint density at radius 3 is 2.76 bits per heavy atom. The molecule has 6 rings (SSSR count). The summed E-state index contributed by atoms with van der Waals surface area (Å²) in [4.78, 5) is 21.0. The van der Waals surface area contributed by atoms with Gasteiger partial charge in [-0.05, 0) is 36.9 Å². The van der Waals surface area contributed by atoms with Crippen LogP contribution in [0.3, 0.4) is 0 Å². The number of nitrogens with zero attached hydrogens (tertiary/aromatic N) is 7. The maximum atomic E-state index is 4.98. The Labute approximate surface area is 202 Å². The van der Waals surface area contributed by atoms with Crippen molar-refractivity contribution in [1.29, 1.82) is 0 Å². The maximum Gasteiger partial charge on any atom is 0.233 e. The summed E-state index contributed by atoms with van der Waals surface area (Å²) in [6.07, 6.45) is 0. The van der Waals surface area contributed by atoms with E-state index in [0.29, 0.717) is 5.95 Å². The summed E-state index contributed by atoms with van der Waals surface area (Å²) in [6.45, 7) is 4.69. The lowest BCUT2D eigenvalue weighted by Crippen LogP contribution is -2.45. The molecule has 0 bridgehead atoms. The zero-order valence-electron chi connectivity index (χ0n) is 19.3. The van der Waals surface area contributed by atoms with Crippen molar-refractivity contribution in [2.24, 2.45) is 0 Å². The number of fused-ring (bicyclic) bond motifs is 2. The van der Waals surface area contributed by atoms with Crippen LogP contribution in [-0.2, 0) is 6.54 Å². The van der Waals surface area contributed by atoms with Gasteiger partial charge in [-0.25, -0.2) is 15.5 Å². The topological polar surface area (TPSA) is 75.7 Å². The molecule has 2 aliphatic rings. The molecule has 1 fully saturated rings. The van der Waals surface area contributed by atoms with Crippen LogP contribution in [0.15, 0.2) is 54.0 Å². The molecule has 2 N–H and O–H groups in total. The fourth-order valence-electron chi connectivity index (χ4n) is 4.34. The minimum absolute atomic E-state index is 0.648. The summed E-state index contributed by atoms with van der Waals surface area (Å²) in [5.74, 6) is 2.32. The number of piperazine rings is 1. The van der Waals surface area contributed by atoms with Gasteiger partial charge < -0.3 is 14.7 Å². The molecule has 0 amide bonds. The predicted molar refractivity (Wildman–Crippen MR) is 139 cm³/mol. The summed E-state index contributed by atoms with van der Waals surface area (Å²) >= 11 is 1.64. The molecule has 9 nitrogen and oxygen atoms in total. The van der Waals surface area contributed by atoms with E-state index in [9.17, 15) is 0 Å². The normalized spacial score (nSPS) is 16.2. The van der Waals surface area contributed by atoms with Crippen LogP contribution in [0.1, 0.15) is 5.56 Å².